The fourth-order valence-electron chi connectivity index (χ4n) is 2.77. The lowest BCUT2D eigenvalue weighted by molar-refractivity contribution is 0.232. The fourth-order valence-corrected chi connectivity index (χ4v) is 2.77. The lowest BCUT2D eigenvalue weighted by Crippen LogP contribution is -2.47. The second-order valence-electron chi connectivity index (χ2n) is 5.18. The molecule has 1 fully saturated rings. The Morgan fingerprint density at radius 1 is 1.29 bits per heavy atom. The molecule has 0 aromatic carbocycles. The number of nitrogens with zero attached hydrogens (tertiary/aromatic N) is 2. The molecule has 3 atom stereocenters. The Morgan fingerprint density at radius 2 is 1.94 bits per heavy atom. The van der Waals surface area contributed by atoms with Crippen molar-refractivity contribution in [3.8, 4) is 6.07 Å². The van der Waals surface area contributed by atoms with Gasteiger partial charge in [0.1, 0.15) is 0 Å². The predicted octanol–water partition coefficient (Wildman–Crippen LogP) is 2.39. The van der Waals surface area contributed by atoms with Crippen LogP contribution >= 0.6 is 0 Å². The number of nitriles is 1. The lowest BCUT2D eigenvalue weighted by Gasteiger charge is -2.32. The number of nitrogens with one attached hydrogen (secondary N) is 1. The minimum atomic E-state index is 0.225. The minimum Gasteiger partial charge on any atom is -0.309 e. The van der Waals surface area contributed by atoms with Gasteiger partial charge in [0, 0.05) is 18.6 Å². The smallest absolute Gasteiger partial charge is 0.0672 e. The van der Waals surface area contributed by atoms with Crippen molar-refractivity contribution in [1.29, 1.82) is 5.26 Å². The molecular formula is C14H27N3. The molecule has 0 bridgehead atoms. The van der Waals surface area contributed by atoms with Gasteiger partial charge < -0.3 is 10.2 Å². The molecule has 0 heterocycles. The molecule has 17 heavy (non-hydrogen) atoms. The van der Waals surface area contributed by atoms with Gasteiger partial charge in [0.25, 0.3) is 0 Å². The van der Waals surface area contributed by atoms with E-state index in [1.54, 1.807) is 0 Å². The molecule has 0 amide bonds. The molecule has 0 aliphatic heterocycles. The summed E-state index contributed by atoms with van der Waals surface area (Å²) in [6.07, 6.45) is 4.74. The summed E-state index contributed by atoms with van der Waals surface area (Å²) in [5.74, 6) is 0.225. The van der Waals surface area contributed by atoms with E-state index in [0.717, 1.165) is 26.1 Å². The summed E-state index contributed by atoms with van der Waals surface area (Å²) in [7, 11) is 0. The predicted molar refractivity (Wildman–Crippen MR) is 71.7 cm³/mol. The largest absolute Gasteiger partial charge is 0.309 e. The molecule has 98 valence electrons. The van der Waals surface area contributed by atoms with Crippen LogP contribution in [0, 0.1) is 17.2 Å². The van der Waals surface area contributed by atoms with Crippen LogP contribution in [0.1, 0.15) is 46.5 Å². The first-order valence-corrected chi connectivity index (χ1v) is 7.09. The summed E-state index contributed by atoms with van der Waals surface area (Å²) in [5, 5.41) is 12.8. The van der Waals surface area contributed by atoms with Gasteiger partial charge in [-0.3, -0.25) is 0 Å². The van der Waals surface area contributed by atoms with E-state index in [9.17, 15) is 0 Å². The van der Waals surface area contributed by atoms with E-state index in [4.69, 9.17) is 5.26 Å². The maximum absolute atomic E-state index is 9.15. The number of hydrogen-bond acceptors (Lipinski definition) is 3. The first-order chi connectivity index (χ1) is 8.21. The Bertz CT molecular complexity index is 242. The summed E-state index contributed by atoms with van der Waals surface area (Å²) in [6, 6.07) is 3.36. The molecule has 0 saturated heterocycles. The Morgan fingerprint density at radius 3 is 2.53 bits per heavy atom. The highest BCUT2D eigenvalue weighted by Gasteiger charge is 2.25. The van der Waals surface area contributed by atoms with Crippen LogP contribution in [0.3, 0.4) is 0 Å². The lowest BCUT2D eigenvalue weighted by atomic mass is 9.85. The number of hydrogen-bond donors (Lipinski definition) is 1. The molecule has 1 saturated carbocycles. The average Bonchev–Trinajstić information content (AvgIpc) is 2.36. The van der Waals surface area contributed by atoms with E-state index in [0.29, 0.717) is 12.1 Å². The van der Waals surface area contributed by atoms with Crippen LogP contribution in [0.25, 0.3) is 0 Å². The second kappa shape index (κ2) is 7.68. The third-order valence-electron chi connectivity index (χ3n) is 3.86. The molecule has 0 radical (unpaired) electrons. The maximum Gasteiger partial charge on any atom is 0.0672 e. The molecule has 1 aliphatic rings. The Kier molecular flexibility index (Phi) is 6.54. The first kappa shape index (κ1) is 14.5. The zero-order valence-electron chi connectivity index (χ0n) is 11.6. The quantitative estimate of drug-likeness (QED) is 0.771. The van der Waals surface area contributed by atoms with Gasteiger partial charge in [-0.25, -0.2) is 0 Å². The van der Waals surface area contributed by atoms with Crippen LogP contribution in [0.4, 0.5) is 0 Å². The van der Waals surface area contributed by atoms with Gasteiger partial charge >= 0.3 is 0 Å². The van der Waals surface area contributed by atoms with E-state index in [-0.39, 0.29) is 5.92 Å². The molecule has 3 heteroatoms. The summed E-state index contributed by atoms with van der Waals surface area (Å²) < 4.78 is 0. The molecule has 3 unspecified atom stereocenters. The minimum absolute atomic E-state index is 0.225. The molecule has 1 aliphatic carbocycles. The van der Waals surface area contributed by atoms with Crippen LogP contribution in [-0.4, -0.2) is 36.6 Å². The summed E-state index contributed by atoms with van der Waals surface area (Å²) in [5.41, 5.74) is 0. The zero-order valence-corrected chi connectivity index (χ0v) is 11.6. The van der Waals surface area contributed by atoms with Crippen molar-refractivity contribution < 1.29 is 0 Å². The third-order valence-corrected chi connectivity index (χ3v) is 3.86. The van der Waals surface area contributed by atoms with Crippen LogP contribution in [0.15, 0.2) is 0 Å². The highest BCUT2D eigenvalue weighted by molar-refractivity contribution is 4.95. The average molecular weight is 237 g/mol. The van der Waals surface area contributed by atoms with Gasteiger partial charge in [0.15, 0.2) is 0 Å². The highest BCUT2D eigenvalue weighted by Crippen LogP contribution is 2.24. The van der Waals surface area contributed by atoms with Crippen LogP contribution in [0.5, 0.6) is 0 Å². The number of likely N-dealkylation sites (N-methyl/N-ethyl adjacent to an activating group) is 1. The van der Waals surface area contributed by atoms with Gasteiger partial charge in [-0.15, -0.1) is 0 Å². The normalized spacial score (nSPS) is 26.8. The van der Waals surface area contributed by atoms with Crippen molar-refractivity contribution in [3.05, 3.63) is 0 Å². The standard InChI is InChI=1S/C14H27N3/c1-4-17(5-2)11-12(3)16-14-9-7-6-8-13(14)10-15/h12-14,16H,4-9,11H2,1-3H3. The van der Waals surface area contributed by atoms with Crippen molar-refractivity contribution in [2.75, 3.05) is 19.6 Å². The molecule has 1 rings (SSSR count). The SMILES string of the molecule is CCN(CC)CC(C)NC1CCCCC1C#N. The van der Waals surface area contributed by atoms with E-state index >= 15 is 0 Å². The van der Waals surface area contributed by atoms with E-state index in [1.807, 2.05) is 0 Å². The van der Waals surface area contributed by atoms with Gasteiger partial charge in [0.2, 0.25) is 0 Å². The van der Waals surface area contributed by atoms with Gasteiger partial charge in [0.05, 0.1) is 12.0 Å². The zero-order chi connectivity index (χ0) is 12.7. The van der Waals surface area contributed by atoms with Crippen molar-refractivity contribution >= 4 is 0 Å². The van der Waals surface area contributed by atoms with E-state index < -0.39 is 0 Å². The van der Waals surface area contributed by atoms with Crippen LogP contribution < -0.4 is 5.32 Å². The maximum atomic E-state index is 9.15. The van der Waals surface area contributed by atoms with Gasteiger partial charge in [-0.1, -0.05) is 26.7 Å². The van der Waals surface area contributed by atoms with Crippen LogP contribution in [0.2, 0.25) is 0 Å². The molecule has 0 aromatic heterocycles. The Labute approximate surface area is 106 Å². The van der Waals surface area contributed by atoms with Gasteiger partial charge in [-0.2, -0.15) is 5.26 Å². The van der Waals surface area contributed by atoms with Crippen molar-refractivity contribution in [1.82, 2.24) is 10.2 Å². The molecule has 1 N–H and O–H groups in total. The van der Waals surface area contributed by atoms with Crippen molar-refractivity contribution in [2.45, 2.75) is 58.5 Å². The number of rotatable bonds is 6. The Balaban J connectivity index is 2.38. The molecule has 3 nitrogen and oxygen atoms in total. The summed E-state index contributed by atoms with van der Waals surface area (Å²) in [6.45, 7) is 9.94. The second-order valence-corrected chi connectivity index (χ2v) is 5.18. The van der Waals surface area contributed by atoms with E-state index in [1.165, 1.54) is 19.3 Å². The summed E-state index contributed by atoms with van der Waals surface area (Å²) >= 11 is 0. The van der Waals surface area contributed by atoms with Crippen molar-refractivity contribution in [2.24, 2.45) is 5.92 Å². The van der Waals surface area contributed by atoms with E-state index in [2.05, 4.69) is 37.1 Å². The molecule has 0 spiro atoms. The van der Waals surface area contributed by atoms with Gasteiger partial charge in [-0.05, 0) is 32.9 Å². The first-order valence-electron chi connectivity index (χ1n) is 7.09. The summed E-state index contributed by atoms with van der Waals surface area (Å²) in [4.78, 5) is 2.43. The fraction of sp³-hybridized carbons (Fsp3) is 0.929. The molecular weight excluding hydrogens is 210 g/mol. The molecule has 0 aromatic rings. The topological polar surface area (TPSA) is 39.1 Å². The third kappa shape index (κ3) is 4.65. The monoisotopic (exact) mass is 237 g/mol. The Hall–Kier alpha value is -0.590. The van der Waals surface area contributed by atoms with Crippen LogP contribution in [-0.2, 0) is 0 Å². The highest BCUT2D eigenvalue weighted by atomic mass is 15.1. The van der Waals surface area contributed by atoms with Crippen molar-refractivity contribution in [3.63, 3.8) is 0 Å².